The summed E-state index contributed by atoms with van der Waals surface area (Å²) in [6.45, 7) is 3.39. The van der Waals surface area contributed by atoms with Gasteiger partial charge in [-0.3, -0.25) is 14.3 Å². The van der Waals surface area contributed by atoms with Gasteiger partial charge in [-0.15, -0.1) is 0 Å². The van der Waals surface area contributed by atoms with E-state index in [1.807, 2.05) is 6.92 Å². The van der Waals surface area contributed by atoms with Gasteiger partial charge >= 0.3 is 5.97 Å². The van der Waals surface area contributed by atoms with Crippen LogP contribution >= 0.6 is 0 Å². The van der Waals surface area contributed by atoms with Crippen molar-refractivity contribution in [3.8, 4) is 5.75 Å². The zero-order valence-electron chi connectivity index (χ0n) is 16.6. The molecule has 1 fully saturated rings. The summed E-state index contributed by atoms with van der Waals surface area (Å²) >= 11 is 0. The van der Waals surface area contributed by atoms with Gasteiger partial charge < -0.3 is 14.7 Å². The zero-order chi connectivity index (χ0) is 21.7. The molecule has 1 aliphatic rings. The Balaban J connectivity index is 1.59. The van der Waals surface area contributed by atoms with Crippen molar-refractivity contribution in [2.75, 3.05) is 32.8 Å². The molecule has 0 radical (unpaired) electrons. The second-order valence-electron chi connectivity index (χ2n) is 6.71. The van der Waals surface area contributed by atoms with Crippen LogP contribution in [-0.4, -0.2) is 77.2 Å². The van der Waals surface area contributed by atoms with E-state index in [9.17, 15) is 18.0 Å². The highest BCUT2D eigenvalue weighted by Crippen LogP contribution is 2.21. The third-order valence-corrected chi connectivity index (χ3v) is 6.63. The zero-order valence-corrected chi connectivity index (χ0v) is 17.4. The number of carboxylic acids is 1. The Morgan fingerprint density at radius 2 is 1.77 bits per heavy atom. The Labute approximate surface area is 174 Å². The molecule has 1 aromatic carbocycles. The molecule has 1 saturated heterocycles. The highest BCUT2D eigenvalue weighted by atomic mass is 32.2. The van der Waals surface area contributed by atoms with Gasteiger partial charge in [0.05, 0.1) is 24.5 Å². The van der Waals surface area contributed by atoms with Crippen LogP contribution in [0.2, 0.25) is 0 Å². The quantitative estimate of drug-likeness (QED) is 0.652. The molecule has 0 aliphatic carbocycles. The van der Waals surface area contributed by atoms with Crippen molar-refractivity contribution >= 4 is 21.9 Å². The van der Waals surface area contributed by atoms with Crippen molar-refractivity contribution in [3.63, 3.8) is 0 Å². The molecule has 1 aliphatic heterocycles. The fraction of sp³-hybridized carbons (Fsp3) is 0.421. The van der Waals surface area contributed by atoms with Gasteiger partial charge in [0.1, 0.15) is 11.4 Å². The lowest BCUT2D eigenvalue weighted by Gasteiger charge is -2.33. The molecule has 1 amide bonds. The molecule has 30 heavy (non-hydrogen) atoms. The molecule has 2 heterocycles. The Morgan fingerprint density at radius 3 is 2.37 bits per heavy atom. The van der Waals surface area contributed by atoms with Crippen molar-refractivity contribution < 1.29 is 27.9 Å². The number of ether oxygens (including phenoxy) is 1. The number of aromatic nitrogens is 2. The fourth-order valence-electron chi connectivity index (χ4n) is 3.13. The number of amides is 1. The largest absolute Gasteiger partial charge is 0.494 e. The number of carbonyl (C=O) groups excluding carboxylic acids is 1. The maximum absolute atomic E-state index is 12.9. The summed E-state index contributed by atoms with van der Waals surface area (Å²) in [4.78, 5) is 25.0. The van der Waals surface area contributed by atoms with E-state index in [1.165, 1.54) is 27.2 Å². The van der Waals surface area contributed by atoms with Crippen LogP contribution in [0.4, 0.5) is 0 Å². The average Bonchev–Trinajstić information content (AvgIpc) is 3.21. The maximum atomic E-state index is 12.9. The van der Waals surface area contributed by atoms with Crippen LogP contribution in [-0.2, 0) is 21.4 Å². The summed E-state index contributed by atoms with van der Waals surface area (Å²) in [6.07, 6.45) is 1.47. The molecule has 0 bridgehead atoms. The Hall–Kier alpha value is -2.92. The van der Waals surface area contributed by atoms with Crippen LogP contribution in [0.25, 0.3) is 0 Å². The number of piperazine rings is 1. The Bertz CT molecular complexity index is 994. The van der Waals surface area contributed by atoms with Gasteiger partial charge in [-0.1, -0.05) is 0 Å². The second-order valence-corrected chi connectivity index (χ2v) is 8.65. The van der Waals surface area contributed by atoms with E-state index in [4.69, 9.17) is 9.84 Å². The third kappa shape index (κ3) is 4.97. The van der Waals surface area contributed by atoms with Crippen LogP contribution in [0.15, 0.2) is 41.4 Å². The van der Waals surface area contributed by atoms with Gasteiger partial charge in [-0.2, -0.15) is 9.40 Å². The van der Waals surface area contributed by atoms with Crippen molar-refractivity contribution in [1.29, 1.82) is 0 Å². The van der Waals surface area contributed by atoms with E-state index in [2.05, 4.69) is 5.10 Å². The number of aliphatic carboxylic acids is 1. The van der Waals surface area contributed by atoms with Gasteiger partial charge in [-0.05, 0) is 37.3 Å². The van der Waals surface area contributed by atoms with Crippen LogP contribution in [0.3, 0.4) is 0 Å². The summed E-state index contributed by atoms with van der Waals surface area (Å²) in [7, 11) is -3.65. The van der Waals surface area contributed by atoms with E-state index in [1.54, 1.807) is 23.2 Å². The van der Waals surface area contributed by atoms with Crippen LogP contribution < -0.4 is 4.74 Å². The van der Waals surface area contributed by atoms with Crippen LogP contribution in [0.1, 0.15) is 23.8 Å². The number of rotatable bonds is 8. The number of aryl methyl sites for hydroxylation is 1. The number of carboxylic acid groups (broad SMARTS) is 1. The topological polar surface area (TPSA) is 122 Å². The van der Waals surface area contributed by atoms with E-state index >= 15 is 0 Å². The first-order valence-corrected chi connectivity index (χ1v) is 11.0. The molecule has 0 saturated carbocycles. The standard InChI is InChI=1S/C19H24N4O6S/c1-2-29-15-3-5-16(6-4-15)30(27,28)23-13-11-21(12-14-23)19(26)17-7-9-22(20-17)10-8-18(24)25/h3-7,9H,2,8,10-14H2,1H3,(H,24,25). The number of hydrogen-bond acceptors (Lipinski definition) is 6. The minimum atomic E-state index is -3.65. The minimum absolute atomic E-state index is 0.0859. The molecule has 11 heteroatoms. The van der Waals surface area contributed by atoms with Crippen LogP contribution in [0.5, 0.6) is 5.75 Å². The highest BCUT2D eigenvalue weighted by Gasteiger charge is 2.31. The number of carbonyl (C=O) groups is 2. The first kappa shape index (κ1) is 21.8. The summed E-state index contributed by atoms with van der Waals surface area (Å²) in [6, 6.07) is 7.81. The predicted molar refractivity (Wildman–Crippen MR) is 107 cm³/mol. The lowest BCUT2D eigenvalue weighted by molar-refractivity contribution is -0.137. The molecule has 10 nitrogen and oxygen atoms in total. The third-order valence-electron chi connectivity index (χ3n) is 4.71. The van der Waals surface area contributed by atoms with Gasteiger partial charge in [0.15, 0.2) is 0 Å². The van der Waals surface area contributed by atoms with Gasteiger partial charge in [-0.25, -0.2) is 8.42 Å². The molecule has 1 N–H and O–H groups in total. The van der Waals surface area contributed by atoms with Crippen molar-refractivity contribution in [1.82, 2.24) is 19.0 Å². The first-order chi connectivity index (χ1) is 14.3. The molecule has 3 rings (SSSR count). The normalized spacial score (nSPS) is 15.2. The van der Waals surface area contributed by atoms with Gasteiger partial charge in [0.25, 0.3) is 5.91 Å². The SMILES string of the molecule is CCOc1ccc(S(=O)(=O)N2CCN(C(=O)c3ccn(CCC(=O)O)n3)CC2)cc1. The summed E-state index contributed by atoms with van der Waals surface area (Å²) in [5, 5.41) is 12.8. The molecular formula is C19H24N4O6S. The lowest BCUT2D eigenvalue weighted by atomic mass is 10.3. The van der Waals surface area contributed by atoms with E-state index in [0.717, 1.165) is 0 Å². The Kier molecular flexibility index (Phi) is 6.73. The molecule has 0 unspecified atom stereocenters. The van der Waals surface area contributed by atoms with E-state index in [0.29, 0.717) is 12.4 Å². The molecule has 0 spiro atoms. The van der Waals surface area contributed by atoms with Crippen molar-refractivity contribution in [2.24, 2.45) is 0 Å². The predicted octanol–water partition coefficient (Wildman–Crippen LogP) is 0.903. The summed E-state index contributed by atoms with van der Waals surface area (Å²) < 4.78 is 33.8. The molecule has 162 valence electrons. The number of nitrogens with zero attached hydrogens (tertiary/aromatic N) is 4. The lowest BCUT2D eigenvalue weighted by Crippen LogP contribution is -2.50. The fourth-order valence-corrected chi connectivity index (χ4v) is 4.55. The smallest absolute Gasteiger partial charge is 0.305 e. The van der Waals surface area contributed by atoms with Gasteiger partial charge in [0, 0.05) is 32.4 Å². The number of benzene rings is 1. The number of hydrogen-bond donors (Lipinski definition) is 1. The molecule has 1 aromatic heterocycles. The first-order valence-electron chi connectivity index (χ1n) is 9.59. The second kappa shape index (κ2) is 9.26. The average molecular weight is 436 g/mol. The van der Waals surface area contributed by atoms with Gasteiger partial charge in [0.2, 0.25) is 10.0 Å². The van der Waals surface area contributed by atoms with Crippen molar-refractivity contribution in [2.45, 2.75) is 24.8 Å². The molecule has 2 aromatic rings. The van der Waals surface area contributed by atoms with E-state index < -0.39 is 16.0 Å². The maximum Gasteiger partial charge on any atom is 0.305 e. The molecular weight excluding hydrogens is 412 g/mol. The summed E-state index contributed by atoms with van der Waals surface area (Å²) in [5.74, 6) is -0.639. The minimum Gasteiger partial charge on any atom is -0.494 e. The van der Waals surface area contributed by atoms with Crippen LogP contribution in [0, 0.1) is 0 Å². The monoisotopic (exact) mass is 436 g/mol. The highest BCUT2D eigenvalue weighted by molar-refractivity contribution is 7.89. The summed E-state index contributed by atoms with van der Waals surface area (Å²) in [5.41, 5.74) is 0.211. The van der Waals surface area contributed by atoms with E-state index in [-0.39, 0.29) is 55.6 Å². The Morgan fingerprint density at radius 1 is 1.10 bits per heavy atom. The number of sulfonamides is 1. The van der Waals surface area contributed by atoms with Crippen molar-refractivity contribution in [3.05, 3.63) is 42.2 Å². The molecule has 0 atom stereocenters.